The molecule has 3 atom stereocenters. The van der Waals surface area contributed by atoms with Crippen molar-refractivity contribution in [3.8, 4) is 5.75 Å². The lowest BCUT2D eigenvalue weighted by molar-refractivity contribution is -0.151. The first-order chi connectivity index (χ1) is 14.4. The number of carbonyl (C=O) groups excluding carboxylic acids is 1. The highest BCUT2D eigenvalue weighted by atomic mass is 19.1. The van der Waals surface area contributed by atoms with Gasteiger partial charge in [-0.25, -0.2) is 8.78 Å². The van der Waals surface area contributed by atoms with E-state index in [-0.39, 0.29) is 35.8 Å². The van der Waals surface area contributed by atoms with Gasteiger partial charge in [0, 0.05) is 6.54 Å². The van der Waals surface area contributed by atoms with Gasteiger partial charge in [-0.15, -0.1) is 0 Å². The van der Waals surface area contributed by atoms with Gasteiger partial charge in [0.1, 0.15) is 17.4 Å². The molecule has 1 aliphatic rings. The molecular formula is C24H21F2NO3. The Morgan fingerprint density at radius 2 is 1.37 bits per heavy atom. The lowest BCUT2D eigenvalue weighted by Gasteiger charge is -2.48. The van der Waals surface area contributed by atoms with E-state index in [1.165, 1.54) is 48.5 Å². The Labute approximate surface area is 173 Å². The van der Waals surface area contributed by atoms with Crippen LogP contribution < -0.4 is 0 Å². The number of aliphatic hydroxyl groups excluding tert-OH is 1. The number of β-lactam (4-membered cyclic amide) rings is 1. The number of rotatable bonds is 6. The van der Waals surface area contributed by atoms with Gasteiger partial charge >= 0.3 is 0 Å². The largest absolute Gasteiger partial charge is 0.508 e. The predicted octanol–water partition coefficient (Wildman–Crippen LogP) is 4.46. The first kappa shape index (κ1) is 20.0. The number of likely N-dealkylation sites (tertiary alicyclic amines) is 1. The normalized spacial score (nSPS) is 19.4. The van der Waals surface area contributed by atoms with Crippen molar-refractivity contribution in [1.29, 1.82) is 0 Å². The second kappa shape index (κ2) is 8.24. The molecule has 0 spiro atoms. The van der Waals surface area contributed by atoms with Crippen LogP contribution >= 0.6 is 0 Å². The van der Waals surface area contributed by atoms with Crippen molar-refractivity contribution in [2.45, 2.75) is 24.5 Å². The molecule has 30 heavy (non-hydrogen) atoms. The number of nitrogens with zero attached hydrogens (tertiary/aromatic N) is 1. The van der Waals surface area contributed by atoms with Crippen LogP contribution in [0.4, 0.5) is 8.78 Å². The number of carbonyl (C=O) groups is 1. The molecular weight excluding hydrogens is 388 g/mol. The molecule has 0 radical (unpaired) electrons. The van der Waals surface area contributed by atoms with Crippen molar-refractivity contribution in [1.82, 2.24) is 4.90 Å². The maximum absolute atomic E-state index is 13.4. The van der Waals surface area contributed by atoms with Gasteiger partial charge in [-0.1, -0.05) is 36.4 Å². The summed E-state index contributed by atoms with van der Waals surface area (Å²) in [5.41, 5.74) is 2.14. The van der Waals surface area contributed by atoms with Crippen molar-refractivity contribution < 1.29 is 23.8 Å². The van der Waals surface area contributed by atoms with E-state index in [9.17, 15) is 23.8 Å². The van der Waals surface area contributed by atoms with Gasteiger partial charge in [-0.2, -0.15) is 0 Å². The third-order valence-corrected chi connectivity index (χ3v) is 5.56. The zero-order chi connectivity index (χ0) is 21.3. The van der Waals surface area contributed by atoms with Crippen LogP contribution in [0, 0.1) is 11.6 Å². The molecule has 0 saturated carbocycles. The molecule has 0 aliphatic carbocycles. The summed E-state index contributed by atoms with van der Waals surface area (Å²) < 4.78 is 26.5. The Hall–Kier alpha value is -3.25. The predicted molar refractivity (Wildman–Crippen MR) is 108 cm³/mol. The molecule has 1 heterocycles. The van der Waals surface area contributed by atoms with Crippen molar-refractivity contribution in [2.75, 3.05) is 6.54 Å². The van der Waals surface area contributed by atoms with Crippen molar-refractivity contribution in [3.63, 3.8) is 0 Å². The maximum atomic E-state index is 13.4. The molecule has 0 bridgehead atoms. The van der Waals surface area contributed by atoms with Gasteiger partial charge < -0.3 is 15.1 Å². The quantitative estimate of drug-likeness (QED) is 0.591. The molecule has 6 heteroatoms. The van der Waals surface area contributed by atoms with Gasteiger partial charge in [-0.05, 0) is 59.5 Å². The highest BCUT2D eigenvalue weighted by Crippen LogP contribution is 2.47. The second-order valence-corrected chi connectivity index (χ2v) is 7.45. The van der Waals surface area contributed by atoms with Crippen LogP contribution in [0.25, 0.3) is 0 Å². The minimum Gasteiger partial charge on any atom is -0.508 e. The highest BCUT2D eigenvalue weighted by molar-refractivity contribution is 5.91. The van der Waals surface area contributed by atoms with E-state index in [4.69, 9.17) is 0 Å². The number of aliphatic hydroxyl groups is 1. The number of benzene rings is 3. The number of phenols is 1. The summed E-state index contributed by atoms with van der Waals surface area (Å²) >= 11 is 0. The number of hydrogen-bond acceptors (Lipinski definition) is 3. The molecule has 4 rings (SSSR count). The monoisotopic (exact) mass is 409 g/mol. The molecule has 0 unspecified atom stereocenters. The van der Waals surface area contributed by atoms with Gasteiger partial charge in [0.25, 0.3) is 0 Å². The standard InChI is InChI=1S/C24H21F2NO3/c25-18-7-1-15(2-8-18)21(29)13-14-27-23(17-3-9-19(26)10-4-17)22(24(27)30)16-5-11-20(28)12-6-16/h1-12,21-23,28-29H,13-14H2/t21-,22+,23-/m0/s1. The van der Waals surface area contributed by atoms with Gasteiger partial charge in [0.15, 0.2) is 0 Å². The smallest absolute Gasteiger partial charge is 0.233 e. The third-order valence-electron chi connectivity index (χ3n) is 5.56. The Morgan fingerprint density at radius 1 is 0.833 bits per heavy atom. The number of amides is 1. The van der Waals surface area contributed by atoms with E-state index in [0.29, 0.717) is 12.1 Å². The molecule has 3 aromatic carbocycles. The first-order valence-corrected chi connectivity index (χ1v) is 9.72. The van der Waals surface area contributed by atoms with Crippen molar-refractivity contribution in [2.24, 2.45) is 0 Å². The highest BCUT2D eigenvalue weighted by Gasteiger charge is 2.48. The molecule has 3 aromatic rings. The molecule has 1 aliphatic heterocycles. The van der Waals surface area contributed by atoms with E-state index in [1.54, 1.807) is 29.2 Å². The number of hydrogen-bond donors (Lipinski definition) is 2. The fourth-order valence-electron chi connectivity index (χ4n) is 3.95. The number of phenolic OH excluding ortho intramolecular Hbond substituents is 1. The van der Waals surface area contributed by atoms with E-state index in [0.717, 1.165) is 11.1 Å². The molecule has 154 valence electrons. The second-order valence-electron chi connectivity index (χ2n) is 7.45. The maximum Gasteiger partial charge on any atom is 0.233 e. The zero-order valence-electron chi connectivity index (χ0n) is 16.1. The number of aromatic hydroxyl groups is 1. The summed E-state index contributed by atoms with van der Waals surface area (Å²) in [6.07, 6.45) is -0.544. The molecule has 1 saturated heterocycles. The van der Waals surface area contributed by atoms with Crippen molar-refractivity contribution >= 4 is 5.91 Å². The fraction of sp³-hybridized carbons (Fsp3) is 0.208. The molecule has 0 aromatic heterocycles. The summed E-state index contributed by atoms with van der Waals surface area (Å²) in [4.78, 5) is 14.6. The summed E-state index contributed by atoms with van der Waals surface area (Å²) in [6, 6.07) is 17.8. The van der Waals surface area contributed by atoms with E-state index in [1.807, 2.05) is 0 Å². The Bertz CT molecular complexity index is 1020. The summed E-state index contributed by atoms with van der Waals surface area (Å²) in [6.45, 7) is 0.300. The molecule has 4 nitrogen and oxygen atoms in total. The lowest BCUT2D eigenvalue weighted by atomic mass is 9.77. The average Bonchev–Trinajstić information content (AvgIpc) is 2.74. The average molecular weight is 409 g/mol. The van der Waals surface area contributed by atoms with E-state index >= 15 is 0 Å². The van der Waals surface area contributed by atoms with Crippen LogP contribution in [0.5, 0.6) is 5.75 Å². The summed E-state index contributed by atoms with van der Waals surface area (Å²) in [7, 11) is 0. The van der Waals surface area contributed by atoms with Crippen LogP contribution in [0.1, 0.15) is 41.2 Å². The molecule has 1 fully saturated rings. The van der Waals surface area contributed by atoms with Gasteiger partial charge in [-0.3, -0.25) is 4.79 Å². The zero-order valence-corrected chi connectivity index (χ0v) is 16.1. The Kier molecular flexibility index (Phi) is 5.50. The van der Waals surface area contributed by atoms with Crippen LogP contribution in [-0.4, -0.2) is 27.6 Å². The van der Waals surface area contributed by atoms with E-state index in [2.05, 4.69) is 0 Å². The van der Waals surface area contributed by atoms with Gasteiger partial charge in [0.2, 0.25) is 5.91 Å². The van der Waals surface area contributed by atoms with Crippen molar-refractivity contribution in [3.05, 3.63) is 101 Å². The molecule has 1 amide bonds. The third kappa shape index (κ3) is 3.91. The SMILES string of the molecule is O=C1[C@H](c2ccc(O)cc2)[C@H](c2ccc(F)cc2)N1CC[C@H](O)c1ccc(F)cc1. The number of halogens is 2. The first-order valence-electron chi connectivity index (χ1n) is 9.72. The topological polar surface area (TPSA) is 60.8 Å². The van der Waals surface area contributed by atoms with Crippen LogP contribution in [0.2, 0.25) is 0 Å². The van der Waals surface area contributed by atoms with Crippen LogP contribution in [-0.2, 0) is 4.79 Å². The molecule has 2 N–H and O–H groups in total. The minimum absolute atomic E-state index is 0.0960. The van der Waals surface area contributed by atoms with Crippen LogP contribution in [0.15, 0.2) is 72.8 Å². The minimum atomic E-state index is -0.833. The Balaban J connectivity index is 1.55. The van der Waals surface area contributed by atoms with Crippen LogP contribution in [0.3, 0.4) is 0 Å². The lowest BCUT2D eigenvalue weighted by Crippen LogP contribution is -2.53. The fourth-order valence-corrected chi connectivity index (χ4v) is 3.95. The Morgan fingerprint density at radius 3 is 1.97 bits per heavy atom. The summed E-state index contributed by atoms with van der Waals surface area (Å²) in [5, 5.41) is 20.0. The summed E-state index contributed by atoms with van der Waals surface area (Å²) in [5.74, 6) is -1.16. The van der Waals surface area contributed by atoms with Gasteiger partial charge in [0.05, 0.1) is 18.1 Å². The van der Waals surface area contributed by atoms with E-state index < -0.39 is 12.0 Å².